The van der Waals surface area contributed by atoms with Crippen LogP contribution in [0.3, 0.4) is 0 Å². The van der Waals surface area contributed by atoms with E-state index in [1.807, 2.05) is 91.0 Å². The topological polar surface area (TPSA) is 314 Å². The third-order valence-corrected chi connectivity index (χ3v) is 28.5. The van der Waals surface area contributed by atoms with Crippen molar-refractivity contribution in [2.45, 2.75) is 114 Å². The summed E-state index contributed by atoms with van der Waals surface area (Å²) in [4.78, 5) is 149. The number of piperazine rings is 3. The molecule has 31 heteroatoms. The highest BCUT2D eigenvalue weighted by atomic mass is 16.5. The largest absolute Gasteiger partial charge is 0.493 e. The smallest absolute Gasteiger partial charge is 0.271 e. The number of rotatable bonds is 36. The first kappa shape index (κ1) is 101. The van der Waals surface area contributed by atoms with Gasteiger partial charge in [0.15, 0.2) is 34.5 Å². The summed E-state index contributed by atoms with van der Waals surface area (Å²) in [6, 6.07) is 66.9. The van der Waals surface area contributed by atoms with Gasteiger partial charge in [-0.3, -0.25) is 77.5 Å². The summed E-state index contributed by atoms with van der Waals surface area (Å²) in [7, 11) is 11.2. The van der Waals surface area contributed by atoms with Crippen LogP contribution >= 0.6 is 0 Å². The van der Waals surface area contributed by atoms with Crippen molar-refractivity contribution < 1.29 is 76.3 Å². The Bertz CT molecular complexity index is 6320. The first-order valence-electron chi connectivity index (χ1n) is 49.3. The highest BCUT2D eigenvalue weighted by molar-refractivity contribution is 6.26. The van der Waals surface area contributed by atoms with Crippen molar-refractivity contribution in [1.29, 1.82) is 0 Å². The number of anilines is 3. The van der Waals surface area contributed by atoms with Gasteiger partial charge >= 0.3 is 0 Å². The molecule has 143 heavy (non-hydrogen) atoms. The summed E-state index contributed by atoms with van der Waals surface area (Å²) < 4.78 is 40.3. The minimum absolute atomic E-state index is 0.117. The van der Waals surface area contributed by atoms with E-state index in [1.165, 1.54) is 31.4 Å². The van der Waals surface area contributed by atoms with Crippen LogP contribution in [0.25, 0.3) is 0 Å². The van der Waals surface area contributed by atoms with E-state index in [2.05, 4.69) is 149 Å². The Hall–Kier alpha value is -14.8. The number of aromatic nitrogens is 3. The first-order valence-corrected chi connectivity index (χ1v) is 49.3. The number of nitrogens with zero attached hydrogens (tertiary/aromatic N) is 12. The first-order chi connectivity index (χ1) is 69.6. The molecular weight excluding hydrogens is 1810 g/mol. The fraction of sp³-hybridized carbons (Fsp3) is 0.366. The van der Waals surface area contributed by atoms with E-state index in [-0.39, 0.29) is 71.3 Å². The lowest BCUT2D eigenvalue weighted by Gasteiger charge is -2.39. The van der Waals surface area contributed by atoms with Gasteiger partial charge < -0.3 is 68.4 Å². The molecule has 9 amide bonds. The molecular formula is C112H127N15O16. The molecule has 0 saturated carbocycles. The van der Waals surface area contributed by atoms with Crippen LogP contribution < -0.4 is 59.1 Å². The number of amides is 9. The number of imidazole rings is 1. The molecule has 0 spiro atoms. The van der Waals surface area contributed by atoms with Crippen LogP contribution in [0, 0.1) is 0 Å². The van der Waals surface area contributed by atoms with E-state index in [4.69, 9.17) is 33.2 Å². The number of hydrogen-bond acceptors (Lipinski definition) is 24. The number of methoxy groups -OCH3 is 6. The van der Waals surface area contributed by atoms with Crippen LogP contribution in [0.2, 0.25) is 0 Å². The summed E-state index contributed by atoms with van der Waals surface area (Å²) in [5.41, 5.74) is 11.9. The number of nitrogens with one attached hydrogen (secondary N) is 3. The lowest BCUT2D eigenvalue weighted by atomic mass is 9.99. The van der Waals surface area contributed by atoms with Crippen molar-refractivity contribution >= 4 is 70.2 Å². The maximum atomic E-state index is 14.4. The third kappa shape index (κ3) is 22.6. The van der Waals surface area contributed by atoms with Crippen molar-refractivity contribution in [2.75, 3.05) is 162 Å². The average Bonchev–Trinajstić information content (AvgIpc) is 1.60. The quantitative estimate of drug-likeness (QED) is 0.0243. The molecule has 0 bridgehead atoms. The minimum atomic E-state index is -0.597. The number of aryl methyl sites for hydroxylation is 1. The molecule has 3 N–H and O–H groups in total. The number of ether oxygens (including phenoxy) is 7. The standard InChI is InChI=1S/C38H41N5O5.C37H42N6O5.C37H44N4O6/c1-26(27-9-5-4-6-10-27)41-21-23-42(24-22-41)32-12-7-11-30-35(32)38(46)43(37(30)45)31(29-14-15-33(47-2)34(25-29)48-3)13-8-18-40-36(44)28-16-19-39-20-17-28;1-25(26-10-6-5-7-11-26)41-18-20-42(21-19-41)31-13-8-12-28-34(31)37(46)43(36(28)45)30(27-15-16-32(47-3)33(22-27)48-4)14-9-17-38-35(44)29-23-40(2)24-39-29;1-25(26-10-5-4-6-11-26)39-19-21-40(22-20-39)30-13-7-12-28-34(30)37(44)41(36(28)43)29(27-16-17-31(45-2)33(24-27)46-3)14-8-18-38-35(42)32-15-9-23-47-32/h4-7,9-12,14-17,19-20,25-26,31H,8,13,18,21-24H2,1-3H3,(H,40,44);5-8,10-13,15-16,22-25,30H,9,14,17-21H2,1-4H3,(H,38,44);4-7,10-13,16-17,24-25,29,32H,8-9,14-15,18-23H2,1-3H3,(H,38,42)/t26-,31-;25-,30-;25-,29-,32?/m111/s1. The molecule has 9 heterocycles. The SMILES string of the molecule is COc1ccc([C@@H](CCCNC(=O)C2CCCO2)N2C(=O)c3cccc(N4CCN([C@H](C)c5ccccc5)CC4)c3C2=O)cc1OC.COc1ccc([C@@H](CCCNC(=O)c2ccncc2)N2C(=O)c3cccc(N4CCN([C@H](C)c5ccccc5)CC4)c3C2=O)cc1OC.COc1ccc([C@@H](CCCNC(=O)c2cn(C)cn2)N2C(=O)c3cccc(N4CCN([C@H](C)c5ccccc5)CC4)c3C2=O)cc1OC. The van der Waals surface area contributed by atoms with Crippen LogP contribution in [-0.4, -0.2) is 251 Å². The monoisotopic (exact) mass is 1940 g/mol. The predicted octanol–water partition coefficient (Wildman–Crippen LogP) is 15.4. The fourth-order valence-electron chi connectivity index (χ4n) is 20.5. The van der Waals surface area contributed by atoms with E-state index >= 15 is 0 Å². The van der Waals surface area contributed by atoms with Crippen LogP contribution in [0.1, 0.15) is 225 Å². The van der Waals surface area contributed by atoms with E-state index < -0.39 is 24.2 Å². The van der Waals surface area contributed by atoms with Gasteiger partial charge in [-0.05, 0) is 190 Å². The van der Waals surface area contributed by atoms with Crippen molar-refractivity contribution in [1.82, 2.24) is 59.9 Å². The summed E-state index contributed by atoms with van der Waals surface area (Å²) in [5.74, 6) is 0.686. The Morgan fingerprint density at radius 2 is 0.713 bits per heavy atom. The van der Waals surface area contributed by atoms with Gasteiger partial charge in [0.1, 0.15) is 11.8 Å². The number of benzene rings is 9. The molecule has 18 rings (SSSR count). The molecule has 31 nitrogen and oxygen atoms in total. The highest BCUT2D eigenvalue weighted by Crippen LogP contribution is 2.46. The van der Waals surface area contributed by atoms with E-state index in [0.717, 1.165) is 125 Å². The highest BCUT2D eigenvalue weighted by Gasteiger charge is 2.48. The van der Waals surface area contributed by atoms with Crippen molar-refractivity contribution in [3.8, 4) is 34.5 Å². The number of carbonyl (C=O) groups excluding carboxylic acids is 9. The van der Waals surface area contributed by atoms with Gasteiger partial charge in [0.2, 0.25) is 5.91 Å². The van der Waals surface area contributed by atoms with Crippen LogP contribution in [0.15, 0.2) is 237 Å². The number of hydrogen-bond donors (Lipinski definition) is 3. The molecule has 746 valence electrons. The number of carbonyl (C=O) groups is 9. The summed E-state index contributed by atoms with van der Waals surface area (Å²) >= 11 is 0. The van der Waals surface area contributed by atoms with E-state index in [9.17, 15) is 43.2 Å². The molecule has 2 aromatic heterocycles. The predicted molar refractivity (Wildman–Crippen MR) is 545 cm³/mol. The lowest BCUT2D eigenvalue weighted by Crippen LogP contribution is -2.47. The molecule has 11 aromatic rings. The van der Waals surface area contributed by atoms with Gasteiger partial charge in [-0.2, -0.15) is 0 Å². The van der Waals surface area contributed by atoms with Gasteiger partial charge in [-0.25, -0.2) is 4.98 Å². The molecule has 7 aliphatic rings. The van der Waals surface area contributed by atoms with Crippen molar-refractivity contribution in [2.24, 2.45) is 7.05 Å². The molecule has 4 fully saturated rings. The van der Waals surface area contributed by atoms with E-state index in [0.29, 0.717) is 144 Å². The maximum Gasteiger partial charge on any atom is 0.271 e. The number of imide groups is 3. The molecule has 7 aliphatic heterocycles. The van der Waals surface area contributed by atoms with Gasteiger partial charge in [0.25, 0.3) is 47.3 Å². The van der Waals surface area contributed by atoms with Gasteiger partial charge in [-0.1, -0.05) is 127 Å². The Morgan fingerprint density at radius 3 is 1.03 bits per heavy atom. The maximum absolute atomic E-state index is 14.4. The molecule has 7 atom stereocenters. The Labute approximate surface area is 835 Å². The molecule has 0 radical (unpaired) electrons. The Morgan fingerprint density at radius 1 is 0.378 bits per heavy atom. The molecule has 1 unspecified atom stereocenters. The summed E-state index contributed by atoms with van der Waals surface area (Å²) in [5, 5.41) is 8.81. The second kappa shape index (κ2) is 47.2. The van der Waals surface area contributed by atoms with Crippen LogP contribution in [0.5, 0.6) is 34.5 Å². The lowest BCUT2D eigenvalue weighted by molar-refractivity contribution is -0.130. The second-order valence-electron chi connectivity index (χ2n) is 36.7. The molecule has 9 aromatic carbocycles. The van der Waals surface area contributed by atoms with Crippen molar-refractivity contribution in [3.63, 3.8) is 0 Å². The minimum Gasteiger partial charge on any atom is -0.493 e. The van der Waals surface area contributed by atoms with Gasteiger partial charge in [0, 0.05) is 154 Å². The normalized spacial score (nSPS) is 17.1. The second-order valence-corrected chi connectivity index (χ2v) is 36.7. The van der Waals surface area contributed by atoms with Crippen LogP contribution in [-0.2, 0) is 16.6 Å². The van der Waals surface area contributed by atoms with Gasteiger partial charge in [0.05, 0.1) is 118 Å². The van der Waals surface area contributed by atoms with Crippen molar-refractivity contribution in [3.05, 3.63) is 315 Å². The van der Waals surface area contributed by atoms with E-state index in [1.54, 1.807) is 128 Å². The van der Waals surface area contributed by atoms with Crippen LogP contribution in [0.4, 0.5) is 17.1 Å². The Balaban J connectivity index is 0.000000154. The molecule has 0 aliphatic carbocycles. The Kier molecular flexibility index (Phi) is 33.4. The third-order valence-electron chi connectivity index (χ3n) is 28.5. The van der Waals surface area contributed by atoms with Gasteiger partial charge in [-0.15, -0.1) is 0 Å². The number of fused-ring (bicyclic) bond motifs is 3. The zero-order valence-corrected chi connectivity index (χ0v) is 82.9. The summed E-state index contributed by atoms with van der Waals surface area (Å²) in [6.07, 6.45) is 10.5. The number of pyridine rings is 1. The average molecular weight is 1940 g/mol. The zero-order chi connectivity index (χ0) is 100. The fourth-order valence-corrected chi connectivity index (χ4v) is 20.5. The summed E-state index contributed by atoms with van der Waals surface area (Å²) in [6.45, 7) is 17.9. The molecule has 4 saturated heterocycles. The zero-order valence-electron chi connectivity index (χ0n) is 82.9.